The summed E-state index contributed by atoms with van der Waals surface area (Å²) >= 11 is 1.33. The number of anilines is 1. The minimum Gasteiger partial charge on any atom is -0.469 e. The highest BCUT2D eigenvalue weighted by atomic mass is 32.2. The molecule has 7 nitrogen and oxygen atoms in total. The fraction of sp³-hybridized carbons (Fsp3) is 0.333. The Kier molecular flexibility index (Phi) is 5.93. The van der Waals surface area contributed by atoms with Crippen LogP contribution < -0.4 is 5.32 Å². The third-order valence-corrected chi connectivity index (χ3v) is 7.16. The van der Waals surface area contributed by atoms with Crippen LogP contribution in [0.2, 0.25) is 0 Å². The fourth-order valence-electron chi connectivity index (χ4n) is 2.98. The molecule has 1 aromatic carbocycles. The van der Waals surface area contributed by atoms with Crippen molar-refractivity contribution in [2.45, 2.75) is 17.7 Å². The second-order valence-corrected chi connectivity index (χ2v) is 9.07. The van der Waals surface area contributed by atoms with Crippen LogP contribution in [0.4, 0.5) is 5.69 Å². The van der Waals surface area contributed by atoms with Crippen molar-refractivity contribution in [3.05, 3.63) is 46.7 Å². The van der Waals surface area contributed by atoms with Crippen LogP contribution in [-0.4, -0.2) is 44.8 Å². The lowest BCUT2D eigenvalue weighted by molar-refractivity contribution is -0.146. The number of esters is 1. The zero-order valence-electron chi connectivity index (χ0n) is 14.8. The third kappa shape index (κ3) is 4.37. The number of piperidine rings is 1. The van der Waals surface area contributed by atoms with Gasteiger partial charge in [0.1, 0.15) is 0 Å². The van der Waals surface area contributed by atoms with Crippen LogP contribution in [-0.2, 0) is 19.6 Å². The van der Waals surface area contributed by atoms with E-state index in [4.69, 9.17) is 4.74 Å². The zero-order valence-corrected chi connectivity index (χ0v) is 16.4. The van der Waals surface area contributed by atoms with Crippen molar-refractivity contribution in [3.63, 3.8) is 0 Å². The van der Waals surface area contributed by atoms with E-state index >= 15 is 0 Å². The topological polar surface area (TPSA) is 92.8 Å². The number of sulfonamides is 1. The number of hydrogen-bond acceptors (Lipinski definition) is 6. The van der Waals surface area contributed by atoms with Gasteiger partial charge < -0.3 is 10.1 Å². The van der Waals surface area contributed by atoms with Gasteiger partial charge in [-0.2, -0.15) is 4.31 Å². The number of rotatable bonds is 5. The minimum atomic E-state index is -3.71. The number of nitrogens with zero attached hydrogens (tertiary/aromatic N) is 1. The molecule has 3 rings (SSSR count). The van der Waals surface area contributed by atoms with E-state index in [-0.39, 0.29) is 23.3 Å². The lowest BCUT2D eigenvalue weighted by Crippen LogP contribution is -2.42. The second-order valence-electron chi connectivity index (χ2n) is 6.18. The maximum atomic E-state index is 12.9. The predicted octanol–water partition coefficient (Wildman–Crippen LogP) is 2.57. The summed E-state index contributed by atoms with van der Waals surface area (Å²) in [6.45, 7) is 0.485. The summed E-state index contributed by atoms with van der Waals surface area (Å²) in [4.78, 5) is 24.5. The summed E-state index contributed by atoms with van der Waals surface area (Å²) in [7, 11) is -2.41. The molecule has 1 amide bonds. The highest BCUT2D eigenvalue weighted by Crippen LogP contribution is 2.25. The van der Waals surface area contributed by atoms with Gasteiger partial charge in [0.15, 0.2) is 0 Å². The van der Waals surface area contributed by atoms with Crippen LogP contribution in [0.25, 0.3) is 0 Å². The molecule has 27 heavy (non-hydrogen) atoms. The molecular weight excluding hydrogens is 388 g/mol. The molecule has 144 valence electrons. The van der Waals surface area contributed by atoms with Crippen LogP contribution >= 0.6 is 11.3 Å². The van der Waals surface area contributed by atoms with E-state index < -0.39 is 15.9 Å². The van der Waals surface area contributed by atoms with E-state index in [1.165, 1.54) is 34.9 Å². The van der Waals surface area contributed by atoms with Gasteiger partial charge in [-0.25, -0.2) is 8.42 Å². The fourth-order valence-corrected chi connectivity index (χ4v) is 5.12. The van der Waals surface area contributed by atoms with E-state index in [1.807, 2.05) is 5.38 Å². The van der Waals surface area contributed by atoms with Gasteiger partial charge >= 0.3 is 5.97 Å². The van der Waals surface area contributed by atoms with E-state index in [0.29, 0.717) is 30.0 Å². The van der Waals surface area contributed by atoms with Crippen LogP contribution in [0.1, 0.15) is 22.5 Å². The average Bonchev–Trinajstić information content (AvgIpc) is 3.23. The predicted molar refractivity (Wildman–Crippen MR) is 102 cm³/mol. The van der Waals surface area contributed by atoms with E-state index in [1.54, 1.807) is 24.3 Å². The Labute approximate surface area is 162 Å². The monoisotopic (exact) mass is 408 g/mol. The lowest BCUT2D eigenvalue weighted by atomic mass is 10.0. The Morgan fingerprint density at radius 2 is 1.96 bits per heavy atom. The first-order valence-corrected chi connectivity index (χ1v) is 10.8. The highest BCUT2D eigenvalue weighted by molar-refractivity contribution is 7.89. The number of amides is 1. The number of carbonyl (C=O) groups excluding carboxylic acids is 2. The Hall–Kier alpha value is -2.23. The Balaban J connectivity index is 1.71. The largest absolute Gasteiger partial charge is 0.469 e. The van der Waals surface area contributed by atoms with Crippen LogP contribution in [0, 0.1) is 5.92 Å². The summed E-state index contributed by atoms with van der Waals surface area (Å²) in [6, 6.07) is 9.53. The van der Waals surface area contributed by atoms with Crippen molar-refractivity contribution in [1.82, 2.24) is 4.31 Å². The van der Waals surface area contributed by atoms with E-state index in [2.05, 4.69) is 5.32 Å². The molecule has 0 unspecified atom stereocenters. The molecule has 0 spiro atoms. The number of carbonyl (C=O) groups is 2. The number of nitrogens with one attached hydrogen (secondary N) is 1. The quantitative estimate of drug-likeness (QED) is 0.768. The Bertz CT molecular complexity index is 908. The molecule has 1 aliphatic rings. The van der Waals surface area contributed by atoms with Gasteiger partial charge in [-0.05, 0) is 48.6 Å². The highest BCUT2D eigenvalue weighted by Gasteiger charge is 2.33. The van der Waals surface area contributed by atoms with Gasteiger partial charge in [-0.1, -0.05) is 6.07 Å². The average molecular weight is 409 g/mol. The molecule has 0 bridgehead atoms. The Morgan fingerprint density at radius 1 is 1.22 bits per heavy atom. The van der Waals surface area contributed by atoms with Crippen molar-refractivity contribution in [2.24, 2.45) is 5.92 Å². The van der Waals surface area contributed by atoms with Gasteiger partial charge in [0, 0.05) is 18.8 Å². The molecule has 1 atom stereocenters. The van der Waals surface area contributed by atoms with E-state index in [0.717, 1.165) is 0 Å². The standard InChI is InChI=1S/C18H20N2O5S2/c1-25-18(22)13-4-2-10-20(12-13)27(23,24)15-8-6-14(7-9-15)19-17(21)16-5-3-11-26-16/h3,5-9,11,13H,2,4,10,12H2,1H3,(H,19,21)/t13-/m0/s1. The van der Waals surface area contributed by atoms with Crippen molar-refractivity contribution in [2.75, 3.05) is 25.5 Å². The summed E-state index contributed by atoms with van der Waals surface area (Å²) in [5.41, 5.74) is 0.512. The van der Waals surface area contributed by atoms with E-state index in [9.17, 15) is 18.0 Å². The normalized spacial score (nSPS) is 18.0. The maximum absolute atomic E-state index is 12.9. The molecule has 1 saturated heterocycles. The first-order valence-electron chi connectivity index (χ1n) is 8.44. The third-order valence-electron chi connectivity index (χ3n) is 4.41. The van der Waals surface area contributed by atoms with Crippen molar-refractivity contribution in [3.8, 4) is 0 Å². The molecule has 1 fully saturated rings. The molecule has 1 aliphatic heterocycles. The molecule has 9 heteroatoms. The van der Waals surface area contributed by atoms with Crippen LogP contribution in [0.5, 0.6) is 0 Å². The second kappa shape index (κ2) is 8.20. The van der Waals surface area contributed by atoms with Crippen LogP contribution in [0.3, 0.4) is 0 Å². The van der Waals surface area contributed by atoms with Crippen LogP contribution in [0.15, 0.2) is 46.7 Å². The Morgan fingerprint density at radius 3 is 2.59 bits per heavy atom. The van der Waals surface area contributed by atoms with Crippen molar-refractivity contribution >= 4 is 38.9 Å². The lowest BCUT2D eigenvalue weighted by Gasteiger charge is -2.30. The molecule has 0 radical (unpaired) electrons. The number of methoxy groups -OCH3 is 1. The first kappa shape index (κ1) is 19.5. The number of benzene rings is 1. The number of ether oxygens (including phenoxy) is 1. The molecule has 0 saturated carbocycles. The molecule has 1 N–H and O–H groups in total. The molecule has 2 aromatic rings. The molecule has 1 aromatic heterocycles. The van der Waals surface area contributed by atoms with Gasteiger partial charge in [0.25, 0.3) is 5.91 Å². The smallest absolute Gasteiger partial charge is 0.309 e. The summed E-state index contributed by atoms with van der Waals surface area (Å²) in [5.74, 6) is -1.07. The van der Waals surface area contributed by atoms with Gasteiger partial charge in [0.05, 0.1) is 22.8 Å². The van der Waals surface area contributed by atoms with Gasteiger partial charge in [-0.3, -0.25) is 9.59 Å². The summed E-state index contributed by atoms with van der Waals surface area (Å²) in [6.07, 6.45) is 1.22. The zero-order chi connectivity index (χ0) is 19.4. The summed E-state index contributed by atoms with van der Waals surface area (Å²) < 4.78 is 31.8. The summed E-state index contributed by atoms with van der Waals surface area (Å²) in [5, 5.41) is 4.54. The van der Waals surface area contributed by atoms with Gasteiger partial charge in [0.2, 0.25) is 10.0 Å². The number of hydrogen-bond donors (Lipinski definition) is 1. The van der Waals surface area contributed by atoms with Crippen molar-refractivity contribution in [1.29, 1.82) is 0 Å². The van der Waals surface area contributed by atoms with Crippen molar-refractivity contribution < 1.29 is 22.7 Å². The molecule has 2 heterocycles. The minimum absolute atomic E-state index is 0.117. The maximum Gasteiger partial charge on any atom is 0.309 e. The molecule has 0 aliphatic carbocycles. The first-order chi connectivity index (χ1) is 12.9. The SMILES string of the molecule is COC(=O)[C@H]1CCCN(S(=O)(=O)c2ccc(NC(=O)c3cccs3)cc2)C1. The molecular formula is C18H20N2O5S2. The van der Waals surface area contributed by atoms with Gasteiger partial charge in [-0.15, -0.1) is 11.3 Å². The number of thiophene rings is 1.